The molecule has 0 saturated carbocycles. The fraction of sp³-hybridized carbons (Fsp3) is 0.185. The largest absolute Gasteiger partial charge is 0.489 e. The molecule has 1 aromatic heterocycles. The minimum atomic E-state index is -3.64. The first-order valence-corrected chi connectivity index (χ1v) is 12.6. The smallest absolute Gasteiger partial charge is 0.336 e. The van der Waals surface area contributed by atoms with E-state index in [0.29, 0.717) is 28.1 Å². The predicted molar refractivity (Wildman–Crippen MR) is 138 cm³/mol. The Balaban J connectivity index is 1.43. The molecule has 1 N–H and O–H groups in total. The maximum atomic E-state index is 12.7. The second-order valence-electron chi connectivity index (χ2n) is 8.61. The van der Waals surface area contributed by atoms with Gasteiger partial charge in [-0.3, -0.25) is 4.79 Å². The molecule has 0 aliphatic heterocycles. The fourth-order valence-corrected chi connectivity index (χ4v) is 4.81. The zero-order valence-corrected chi connectivity index (χ0v) is 21.2. The molecule has 0 atom stereocenters. The van der Waals surface area contributed by atoms with Gasteiger partial charge < -0.3 is 14.5 Å². The molecule has 3 aromatic carbocycles. The summed E-state index contributed by atoms with van der Waals surface area (Å²) in [6, 6.07) is 18.4. The molecule has 186 valence electrons. The summed E-state index contributed by atoms with van der Waals surface area (Å²) in [5.41, 5.74) is 3.12. The minimum Gasteiger partial charge on any atom is -0.489 e. The van der Waals surface area contributed by atoms with Gasteiger partial charge in [0.1, 0.15) is 17.9 Å². The van der Waals surface area contributed by atoms with Crippen molar-refractivity contribution in [3.8, 4) is 5.75 Å². The van der Waals surface area contributed by atoms with Gasteiger partial charge >= 0.3 is 5.63 Å². The van der Waals surface area contributed by atoms with Crippen molar-refractivity contribution in [2.45, 2.75) is 25.3 Å². The van der Waals surface area contributed by atoms with Crippen LogP contribution in [-0.4, -0.2) is 32.7 Å². The first-order valence-electron chi connectivity index (χ1n) is 11.2. The molecule has 4 aromatic rings. The molecule has 1 amide bonds. The monoisotopic (exact) mass is 506 g/mol. The Morgan fingerprint density at radius 3 is 2.36 bits per heavy atom. The first kappa shape index (κ1) is 25.2. The molecule has 8 nitrogen and oxygen atoms in total. The van der Waals surface area contributed by atoms with Crippen LogP contribution >= 0.6 is 0 Å². The lowest BCUT2D eigenvalue weighted by molar-refractivity contribution is 0.102. The van der Waals surface area contributed by atoms with E-state index in [9.17, 15) is 18.0 Å². The molecule has 0 fully saturated rings. The Morgan fingerprint density at radius 1 is 0.944 bits per heavy atom. The number of nitrogens with one attached hydrogen (secondary N) is 1. The Morgan fingerprint density at radius 2 is 1.67 bits per heavy atom. The molecule has 9 heteroatoms. The number of carbonyl (C=O) groups excluding carboxylic acids is 1. The van der Waals surface area contributed by atoms with Crippen molar-refractivity contribution in [3.63, 3.8) is 0 Å². The molecular formula is C27H26N2O6S. The third-order valence-electron chi connectivity index (χ3n) is 5.75. The highest BCUT2D eigenvalue weighted by atomic mass is 32.2. The maximum Gasteiger partial charge on any atom is 0.336 e. The topological polar surface area (TPSA) is 106 Å². The highest BCUT2D eigenvalue weighted by molar-refractivity contribution is 7.89. The molecule has 0 saturated heterocycles. The average Bonchev–Trinajstić information content (AvgIpc) is 2.83. The summed E-state index contributed by atoms with van der Waals surface area (Å²) in [6.07, 6.45) is 0. The van der Waals surface area contributed by atoms with Gasteiger partial charge in [-0.05, 0) is 66.9 Å². The lowest BCUT2D eigenvalue weighted by Crippen LogP contribution is -2.23. The van der Waals surface area contributed by atoms with Crippen LogP contribution in [-0.2, 0) is 16.6 Å². The van der Waals surface area contributed by atoms with Crippen molar-refractivity contribution in [1.82, 2.24) is 4.31 Å². The second kappa shape index (κ2) is 9.96. The minimum absolute atomic E-state index is 0.140. The van der Waals surface area contributed by atoms with Gasteiger partial charge in [0.25, 0.3) is 5.91 Å². The van der Waals surface area contributed by atoms with Crippen molar-refractivity contribution in [1.29, 1.82) is 0 Å². The van der Waals surface area contributed by atoms with E-state index in [4.69, 9.17) is 9.15 Å². The van der Waals surface area contributed by atoms with Crippen LogP contribution in [0.4, 0.5) is 5.69 Å². The molecule has 0 spiro atoms. The Hall–Kier alpha value is -3.95. The number of benzene rings is 3. The fourth-order valence-electron chi connectivity index (χ4n) is 3.67. The van der Waals surface area contributed by atoms with Gasteiger partial charge in [-0.25, -0.2) is 17.5 Å². The lowest BCUT2D eigenvalue weighted by Gasteiger charge is -2.15. The highest BCUT2D eigenvalue weighted by Gasteiger charge is 2.20. The predicted octanol–water partition coefficient (Wildman–Crippen LogP) is 4.49. The number of hydrogen-bond acceptors (Lipinski definition) is 6. The Kier molecular flexibility index (Phi) is 6.96. The van der Waals surface area contributed by atoms with Crippen LogP contribution in [0, 0.1) is 13.8 Å². The third-order valence-corrected chi connectivity index (χ3v) is 7.71. The highest BCUT2D eigenvalue weighted by Crippen LogP contribution is 2.24. The van der Waals surface area contributed by atoms with Gasteiger partial charge in [-0.1, -0.05) is 18.2 Å². The summed E-state index contributed by atoms with van der Waals surface area (Å²) in [6.45, 7) is 3.81. The van der Waals surface area contributed by atoms with Crippen molar-refractivity contribution < 1.29 is 22.4 Å². The molecule has 0 bridgehead atoms. The van der Waals surface area contributed by atoms with Crippen LogP contribution in [0.2, 0.25) is 0 Å². The number of nitrogens with zero attached hydrogens (tertiary/aromatic N) is 1. The summed E-state index contributed by atoms with van der Waals surface area (Å²) >= 11 is 0. The molecule has 1 heterocycles. The van der Waals surface area contributed by atoms with E-state index in [2.05, 4.69) is 5.32 Å². The summed E-state index contributed by atoms with van der Waals surface area (Å²) in [5, 5.41) is 3.60. The molecule has 0 radical (unpaired) electrons. The zero-order chi connectivity index (χ0) is 26.0. The van der Waals surface area contributed by atoms with Crippen molar-refractivity contribution in [3.05, 3.63) is 99.4 Å². The van der Waals surface area contributed by atoms with Gasteiger partial charge in [-0.15, -0.1) is 0 Å². The maximum absolute atomic E-state index is 12.7. The van der Waals surface area contributed by atoms with Gasteiger partial charge in [0.2, 0.25) is 10.0 Å². The molecule has 0 aliphatic rings. The number of aryl methyl sites for hydroxylation is 2. The van der Waals surface area contributed by atoms with E-state index in [0.717, 1.165) is 20.8 Å². The molecule has 0 aliphatic carbocycles. The van der Waals surface area contributed by atoms with E-state index in [1.54, 1.807) is 49.4 Å². The SMILES string of the molecule is Cc1ccc(NC(=O)c2ccc(COc3ccc4c(C)cc(=O)oc4c3)cc2)cc1S(=O)(=O)N(C)C. The molecule has 36 heavy (non-hydrogen) atoms. The van der Waals surface area contributed by atoms with Crippen LogP contribution in [0.3, 0.4) is 0 Å². The number of sulfonamides is 1. The second-order valence-corrected chi connectivity index (χ2v) is 10.7. The van der Waals surface area contributed by atoms with Crippen LogP contribution in [0.25, 0.3) is 11.0 Å². The van der Waals surface area contributed by atoms with E-state index < -0.39 is 15.6 Å². The number of rotatable bonds is 7. The van der Waals surface area contributed by atoms with Crippen molar-refractivity contribution in [2.75, 3.05) is 19.4 Å². The van der Waals surface area contributed by atoms with Crippen LogP contribution in [0.15, 0.2) is 80.8 Å². The van der Waals surface area contributed by atoms with Crippen LogP contribution in [0.1, 0.15) is 27.0 Å². The third kappa shape index (κ3) is 5.32. The lowest BCUT2D eigenvalue weighted by atomic mass is 10.1. The molecule has 4 rings (SSSR count). The summed E-state index contributed by atoms with van der Waals surface area (Å²) in [4.78, 5) is 24.5. The van der Waals surface area contributed by atoms with Gasteiger partial charge in [0, 0.05) is 42.9 Å². The zero-order valence-electron chi connectivity index (χ0n) is 20.4. The number of hydrogen-bond donors (Lipinski definition) is 1. The van der Waals surface area contributed by atoms with Gasteiger partial charge in [0.15, 0.2) is 0 Å². The summed E-state index contributed by atoms with van der Waals surface area (Å²) in [5.74, 6) is 0.195. The quantitative estimate of drug-likeness (QED) is 0.370. The summed E-state index contributed by atoms with van der Waals surface area (Å²) < 4.78 is 37.3. The van der Waals surface area contributed by atoms with Crippen molar-refractivity contribution in [2.24, 2.45) is 0 Å². The first-order chi connectivity index (χ1) is 17.0. The van der Waals surface area contributed by atoms with Gasteiger partial charge in [0.05, 0.1) is 4.90 Å². The van der Waals surface area contributed by atoms with E-state index >= 15 is 0 Å². The number of ether oxygens (including phenoxy) is 1. The van der Waals surface area contributed by atoms with E-state index in [-0.39, 0.29) is 17.4 Å². The Bertz CT molecular complexity index is 1610. The average molecular weight is 507 g/mol. The van der Waals surface area contributed by atoms with Crippen LogP contribution in [0.5, 0.6) is 5.75 Å². The Labute approximate surface area is 209 Å². The number of amides is 1. The standard InChI is InChI=1S/C27H26N2O6S/c1-17-5-10-21(14-25(17)36(32,33)29(3)4)28-27(31)20-8-6-19(7-9-20)16-34-22-11-12-23-18(2)13-26(30)35-24(23)15-22/h5-15H,16H2,1-4H3,(H,28,31). The van der Waals surface area contributed by atoms with E-state index in [1.807, 2.05) is 19.1 Å². The van der Waals surface area contributed by atoms with Crippen molar-refractivity contribution >= 4 is 32.6 Å². The van der Waals surface area contributed by atoms with Crippen LogP contribution < -0.4 is 15.7 Å². The van der Waals surface area contributed by atoms with Gasteiger partial charge in [-0.2, -0.15) is 0 Å². The number of fused-ring (bicyclic) bond motifs is 1. The normalized spacial score (nSPS) is 11.6. The number of anilines is 1. The molecule has 0 unspecified atom stereocenters. The van der Waals surface area contributed by atoms with E-state index in [1.165, 1.54) is 26.2 Å². The molecular weight excluding hydrogens is 480 g/mol. The summed E-state index contributed by atoms with van der Waals surface area (Å²) in [7, 11) is -0.711. The number of carbonyl (C=O) groups is 1.